The Labute approximate surface area is 365 Å². The lowest BCUT2D eigenvalue weighted by atomic mass is 9.97. The minimum absolute atomic E-state index is 0.0344. The quantitative estimate of drug-likeness (QED) is 0.0406. The summed E-state index contributed by atoms with van der Waals surface area (Å²) in [5, 5.41) is 136. The van der Waals surface area contributed by atoms with Crippen LogP contribution in [0, 0.1) is 0 Å². The monoisotopic (exact) mass is 918 g/mol. The average Bonchev–Trinajstić information content (AvgIpc) is 3.27. The summed E-state index contributed by atoms with van der Waals surface area (Å²) < 4.78 is 45.7. The number of benzene rings is 3. The number of phenols is 4. The molecular weight excluding hydrogens is 872 g/mol. The SMILES string of the molecule is C[C@@H]1O[C@@H](Oc2cc(O)c3c(=O)c(O[C@@H]4O[C@H](CO)[C@@H](O)[C@H](O)[C@H]4O[C@@H]4O[C@H](CO)[C@@H](O)[C@H](OC(=O)/C=C/c5ccc(O)cc5)[C@H]4O)c(-c4ccc(O)c(O)c4)oc3c2)[C@H](O)[C@H](O)[C@H]1O. The summed E-state index contributed by atoms with van der Waals surface area (Å²) in [5.41, 5.74) is -1.30. The molecule has 23 heteroatoms. The van der Waals surface area contributed by atoms with Crippen LogP contribution in [0.4, 0.5) is 0 Å². The molecule has 4 heterocycles. The highest BCUT2D eigenvalue weighted by Crippen LogP contribution is 2.41. The summed E-state index contributed by atoms with van der Waals surface area (Å²) in [4.78, 5) is 27.3. The maximum absolute atomic E-state index is 14.4. The highest BCUT2D eigenvalue weighted by Gasteiger charge is 2.53. The van der Waals surface area contributed by atoms with Crippen LogP contribution in [0.1, 0.15) is 12.5 Å². The number of fused-ring (bicyclic) bond motifs is 1. The van der Waals surface area contributed by atoms with Crippen molar-refractivity contribution < 1.29 is 109 Å². The molecule has 23 nitrogen and oxygen atoms in total. The van der Waals surface area contributed by atoms with Gasteiger partial charge >= 0.3 is 5.97 Å². The minimum Gasteiger partial charge on any atom is -0.508 e. The molecule has 15 atom stereocenters. The van der Waals surface area contributed by atoms with E-state index < -0.39 is 156 Å². The Bertz CT molecular complexity index is 2400. The number of phenolic OH excluding ortho intramolecular Hbond substituents is 4. The van der Waals surface area contributed by atoms with Gasteiger partial charge in [-0.2, -0.15) is 0 Å². The van der Waals surface area contributed by atoms with E-state index in [1.165, 1.54) is 43.3 Å². The third-order valence-corrected chi connectivity index (χ3v) is 10.9. The number of aliphatic hydroxyl groups is 9. The molecule has 13 N–H and O–H groups in total. The van der Waals surface area contributed by atoms with Crippen LogP contribution in [0.5, 0.6) is 34.5 Å². The van der Waals surface area contributed by atoms with Crippen molar-refractivity contribution in [2.75, 3.05) is 13.2 Å². The van der Waals surface area contributed by atoms with Gasteiger partial charge in [0.1, 0.15) is 83.2 Å². The lowest BCUT2D eigenvalue weighted by Crippen LogP contribution is -2.65. The maximum atomic E-state index is 14.4. The summed E-state index contributed by atoms with van der Waals surface area (Å²) in [6, 6.07) is 10.8. The fourth-order valence-electron chi connectivity index (χ4n) is 7.33. The standard InChI is InChI=1S/C42H46O23/c1-15-28(50)32(54)34(56)40(58-15)59-19-11-22(48)27-23(12-19)60-36(17-5-8-20(46)21(47)10-17)38(31(27)53)64-42-39(33(55)29(51)24(13-43)62-42)65-41-35(57)37(30(52)25(14-44)61-41)63-26(49)9-4-16-2-6-18(45)7-3-16/h2-12,15,24-25,28-30,32-35,37,39-48,50-52,54-57H,13-14H2,1H3/b9-4+/t15-,24+,25+,28-,29+,30+,32+,33-,34+,35+,37-,39+,40-,41-,42-/m0/s1. The van der Waals surface area contributed by atoms with Crippen LogP contribution in [-0.2, 0) is 28.5 Å². The molecule has 3 aliphatic rings. The number of aliphatic hydroxyl groups excluding tert-OH is 9. The van der Waals surface area contributed by atoms with Crippen LogP contribution in [0.3, 0.4) is 0 Å². The number of carbonyl (C=O) groups is 1. The van der Waals surface area contributed by atoms with Crippen LogP contribution >= 0.6 is 0 Å². The van der Waals surface area contributed by atoms with Gasteiger partial charge in [0.25, 0.3) is 0 Å². The van der Waals surface area contributed by atoms with Crippen LogP contribution < -0.4 is 14.9 Å². The second-order valence-electron chi connectivity index (χ2n) is 15.4. The van der Waals surface area contributed by atoms with Crippen molar-refractivity contribution in [3.63, 3.8) is 0 Å². The van der Waals surface area contributed by atoms with Gasteiger partial charge in [-0.25, -0.2) is 4.79 Å². The third kappa shape index (κ3) is 9.68. The van der Waals surface area contributed by atoms with Gasteiger partial charge in [-0.15, -0.1) is 0 Å². The van der Waals surface area contributed by atoms with Gasteiger partial charge < -0.3 is 104 Å². The highest BCUT2D eigenvalue weighted by molar-refractivity contribution is 5.89. The zero-order chi connectivity index (χ0) is 47.0. The highest BCUT2D eigenvalue weighted by atomic mass is 16.8. The van der Waals surface area contributed by atoms with Crippen LogP contribution in [0.15, 0.2) is 69.9 Å². The van der Waals surface area contributed by atoms with E-state index in [9.17, 15) is 76.0 Å². The second kappa shape index (κ2) is 19.4. The molecule has 3 fully saturated rings. The number of esters is 1. The Morgan fingerprint density at radius 2 is 1.34 bits per heavy atom. The van der Waals surface area contributed by atoms with E-state index in [2.05, 4.69) is 0 Å². The van der Waals surface area contributed by atoms with E-state index in [0.717, 1.165) is 30.3 Å². The molecule has 0 radical (unpaired) electrons. The molecule has 0 unspecified atom stereocenters. The van der Waals surface area contributed by atoms with Gasteiger partial charge in [0.2, 0.25) is 23.8 Å². The molecule has 0 amide bonds. The number of hydrogen-bond donors (Lipinski definition) is 13. The summed E-state index contributed by atoms with van der Waals surface area (Å²) in [6.07, 6.45) is -24.6. The number of carbonyl (C=O) groups excluding carboxylic acids is 1. The van der Waals surface area contributed by atoms with E-state index in [1.807, 2.05) is 0 Å². The molecule has 3 saturated heterocycles. The first kappa shape index (κ1) is 47.3. The first-order valence-electron chi connectivity index (χ1n) is 19.9. The Balaban J connectivity index is 1.23. The molecule has 0 aliphatic carbocycles. The van der Waals surface area contributed by atoms with Gasteiger partial charge in [-0.1, -0.05) is 12.1 Å². The smallest absolute Gasteiger partial charge is 0.331 e. The number of hydrogen-bond acceptors (Lipinski definition) is 23. The zero-order valence-corrected chi connectivity index (χ0v) is 33.8. The average molecular weight is 919 g/mol. The molecule has 3 aliphatic heterocycles. The molecule has 3 aromatic carbocycles. The summed E-state index contributed by atoms with van der Waals surface area (Å²) >= 11 is 0. The Kier molecular flexibility index (Phi) is 14.2. The first-order chi connectivity index (χ1) is 30.9. The fraction of sp³-hybridized carbons (Fsp3) is 0.429. The van der Waals surface area contributed by atoms with Crippen molar-refractivity contribution in [1.29, 1.82) is 0 Å². The summed E-state index contributed by atoms with van der Waals surface area (Å²) in [6.45, 7) is -0.484. The van der Waals surface area contributed by atoms with Gasteiger partial charge in [0.05, 0.1) is 19.3 Å². The van der Waals surface area contributed by atoms with Gasteiger partial charge in [-0.3, -0.25) is 4.79 Å². The topological polar surface area (TPSA) is 375 Å². The van der Waals surface area contributed by atoms with Crippen molar-refractivity contribution >= 4 is 23.0 Å². The molecule has 0 saturated carbocycles. The van der Waals surface area contributed by atoms with E-state index >= 15 is 0 Å². The van der Waals surface area contributed by atoms with Crippen LogP contribution in [-0.4, -0.2) is 178 Å². The molecular formula is C42H46O23. The molecule has 7 rings (SSSR count). The Morgan fingerprint density at radius 3 is 2.02 bits per heavy atom. The van der Waals surface area contributed by atoms with Crippen molar-refractivity contribution in [1.82, 2.24) is 0 Å². The number of aromatic hydroxyl groups is 4. The van der Waals surface area contributed by atoms with E-state index in [1.54, 1.807) is 0 Å². The zero-order valence-electron chi connectivity index (χ0n) is 33.8. The number of rotatable bonds is 12. The van der Waals surface area contributed by atoms with Gasteiger partial charge in [0.15, 0.2) is 35.8 Å². The predicted octanol–water partition coefficient (Wildman–Crippen LogP) is -2.24. The normalized spacial score (nSPS) is 32.9. The van der Waals surface area contributed by atoms with Crippen molar-refractivity contribution in [3.8, 4) is 45.8 Å². The lowest BCUT2D eigenvalue weighted by Gasteiger charge is -2.46. The Hall–Kier alpha value is -5.64. The third-order valence-electron chi connectivity index (χ3n) is 10.9. The Morgan fingerprint density at radius 1 is 0.662 bits per heavy atom. The lowest BCUT2D eigenvalue weighted by molar-refractivity contribution is -0.358. The largest absolute Gasteiger partial charge is 0.508 e. The van der Waals surface area contributed by atoms with E-state index in [4.69, 9.17) is 37.6 Å². The van der Waals surface area contributed by atoms with Crippen molar-refractivity contribution in [2.45, 2.75) is 99.0 Å². The molecule has 0 spiro atoms. The number of ether oxygens (including phenoxy) is 7. The van der Waals surface area contributed by atoms with Gasteiger partial charge in [-0.05, 0) is 48.9 Å². The molecule has 1 aromatic heterocycles. The van der Waals surface area contributed by atoms with Crippen LogP contribution in [0.2, 0.25) is 0 Å². The van der Waals surface area contributed by atoms with E-state index in [0.29, 0.717) is 5.56 Å². The van der Waals surface area contributed by atoms with Crippen molar-refractivity contribution in [2.24, 2.45) is 0 Å². The molecule has 352 valence electrons. The predicted molar refractivity (Wildman–Crippen MR) is 214 cm³/mol. The first-order valence-corrected chi connectivity index (χ1v) is 19.9. The van der Waals surface area contributed by atoms with Crippen LogP contribution in [0.25, 0.3) is 28.4 Å². The minimum atomic E-state index is -2.11. The summed E-state index contributed by atoms with van der Waals surface area (Å²) in [5.74, 6) is -4.93. The maximum Gasteiger partial charge on any atom is 0.331 e. The molecule has 0 bridgehead atoms. The molecule has 4 aromatic rings. The van der Waals surface area contributed by atoms with E-state index in [-0.39, 0.29) is 17.1 Å². The fourth-order valence-corrected chi connectivity index (χ4v) is 7.33. The molecule has 65 heavy (non-hydrogen) atoms. The summed E-state index contributed by atoms with van der Waals surface area (Å²) in [7, 11) is 0. The second-order valence-corrected chi connectivity index (χ2v) is 15.4. The van der Waals surface area contributed by atoms with Gasteiger partial charge in [0, 0.05) is 23.8 Å². The van der Waals surface area contributed by atoms with Crippen molar-refractivity contribution in [3.05, 3.63) is 76.5 Å².